The summed E-state index contributed by atoms with van der Waals surface area (Å²) in [6, 6.07) is 12.8. The summed E-state index contributed by atoms with van der Waals surface area (Å²) >= 11 is 20.0. The molecule has 4 heterocycles. The summed E-state index contributed by atoms with van der Waals surface area (Å²) in [6.07, 6.45) is 1.21. The molecule has 0 spiro atoms. The number of halogens is 3. The summed E-state index contributed by atoms with van der Waals surface area (Å²) in [5.74, 6) is -0.561. The second-order valence-corrected chi connectivity index (χ2v) is 14.6. The number of carbonyl (C=O) groups is 2. The van der Waals surface area contributed by atoms with Crippen LogP contribution >= 0.6 is 34.8 Å². The molecule has 51 heavy (non-hydrogen) atoms. The number of nitrogens with zero attached hydrogens (tertiary/aromatic N) is 5. The van der Waals surface area contributed by atoms with Gasteiger partial charge in [0.1, 0.15) is 22.2 Å². The number of aryl methyl sites for hydroxylation is 6. The van der Waals surface area contributed by atoms with E-state index in [4.69, 9.17) is 44.6 Å². The molecule has 0 aliphatic carbocycles. The lowest BCUT2D eigenvalue weighted by Crippen LogP contribution is -2.47. The van der Waals surface area contributed by atoms with Gasteiger partial charge in [0, 0.05) is 53.3 Å². The number of carbonyl (C=O) groups excluding carboxylic acids is 1. The third-order valence-electron chi connectivity index (χ3n) is 10.2. The molecule has 1 aliphatic heterocycles. The number of hydrogen-bond acceptors (Lipinski definition) is 4. The Balaban J connectivity index is 1.39. The van der Waals surface area contributed by atoms with E-state index in [1.54, 1.807) is 28.6 Å². The van der Waals surface area contributed by atoms with Crippen LogP contribution in [0, 0.1) is 27.7 Å². The van der Waals surface area contributed by atoms with E-state index in [0.29, 0.717) is 53.3 Å². The van der Waals surface area contributed by atoms with E-state index < -0.39 is 5.97 Å². The van der Waals surface area contributed by atoms with Gasteiger partial charge in [-0.25, -0.2) is 4.79 Å². The molecule has 1 aliphatic rings. The van der Waals surface area contributed by atoms with Crippen molar-refractivity contribution in [3.63, 3.8) is 0 Å². The Bertz CT molecular complexity index is 2420. The van der Waals surface area contributed by atoms with Crippen molar-refractivity contribution in [3.8, 4) is 16.9 Å². The summed E-state index contributed by atoms with van der Waals surface area (Å²) < 4.78 is 11.8. The van der Waals surface area contributed by atoms with Crippen LogP contribution in [0.1, 0.15) is 62.3 Å². The van der Waals surface area contributed by atoms with Crippen LogP contribution in [0.2, 0.25) is 15.2 Å². The van der Waals surface area contributed by atoms with Gasteiger partial charge >= 0.3 is 5.97 Å². The maximum atomic E-state index is 15.1. The van der Waals surface area contributed by atoms with Gasteiger partial charge in [-0.1, -0.05) is 53.0 Å². The van der Waals surface area contributed by atoms with Crippen molar-refractivity contribution in [1.82, 2.24) is 18.9 Å². The quantitative estimate of drug-likeness (QED) is 0.157. The molecule has 1 amide bonds. The summed E-state index contributed by atoms with van der Waals surface area (Å²) in [5, 5.41) is 17.5. The Kier molecular flexibility index (Phi) is 8.89. The number of ether oxygens (including phenoxy) is 1. The molecule has 12 heteroatoms. The van der Waals surface area contributed by atoms with Gasteiger partial charge in [0.15, 0.2) is 0 Å². The molecule has 264 valence electrons. The van der Waals surface area contributed by atoms with Crippen molar-refractivity contribution in [2.75, 3.05) is 11.5 Å². The predicted octanol–water partition coefficient (Wildman–Crippen LogP) is 9.49. The molecule has 1 N–H and O–H groups in total. The molecule has 6 aromatic rings. The number of fused-ring (bicyclic) bond motifs is 4. The van der Waals surface area contributed by atoms with E-state index in [1.165, 1.54) is 0 Å². The highest BCUT2D eigenvalue weighted by Crippen LogP contribution is 2.45. The third kappa shape index (κ3) is 5.48. The molecule has 1 atom stereocenters. The minimum Gasteiger partial charge on any atom is -0.494 e. The van der Waals surface area contributed by atoms with E-state index in [1.807, 2.05) is 76.7 Å². The minimum atomic E-state index is -1.13. The maximum Gasteiger partial charge on any atom is 0.339 e. The molecule has 9 nitrogen and oxygen atoms in total. The fraction of sp³-hybridized carbons (Fsp3) is 0.308. The summed E-state index contributed by atoms with van der Waals surface area (Å²) in [6.45, 7) is 10.8. The average molecular weight is 747 g/mol. The molecule has 0 fully saturated rings. The maximum absolute atomic E-state index is 15.1. The number of hydrogen-bond donors (Lipinski definition) is 1. The molecule has 7 rings (SSSR count). The molecular weight excluding hydrogens is 709 g/mol. The predicted molar refractivity (Wildman–Crippen MR) is 205 cm³/mol. The third-order valence-corrected chi connectivity index (χ3v) is 11.5. The summed E-state index contributed by atoms with van der Waals surface area (Å²) in [7, 11) is 3.64. The van der Waals surface area contributed by atoms with Crippen LogP contribution in [0.5, 0.6) is 5.75 Å². The second kappa shape index (κ2) is 13.0. The number of carboxylic acid groups (broad SMARTS) is 1. The SMILES string of the molecule is Cc1cc(OCCCc2c3n(c4c(-c5c(C)nn(C)c5C)c(Cl)ccc24)C[C@@H](C)N(c2cccc4c(C(=O)O)c(Cl)n(C)c24)C3=O)cc(C)c1Cl. The zero-order valence-electron chi connectivity index (χ0n) is 29.5. The number of benzene rings is 3. The van der Waals surface area contributed by atoms with Crippen LogP contribution in [0.15, 0.2) is 42.5 Å². The first-order chi connectivity index (χ1) is 24.2. The first-order valence-corrected chi connectivity index (χ1v) is 17.9. The summed E-state index contributed by atoms with van der Waals surface area (Å²) in [4.78, 5) is 29.1. The van der Waals surface area contributed by atoms with Gasteiger partial charge in [0.2, 0.25) is 0 Å². The fourth-order valence-corrected chi connectivity index (χ4v) is 8.47. The Morgan fingerprint density at radius 1 is 0.980 bits per heavy atom. The topological polar surface area (TPSA) is 94.5 Å². The summed E-state index contributed by atoms with van der Waals surface area (Å²) in [5.41, 5.74) is 9.08. The molecule has 3 aromatic heterocycles. The Hall–Kier alpha value is -4.44. The van der Waals surface area contributed by atoms with Gasteiger partial charge in [-0.15, -0.1) is 0 Å². The Labute approximate surface area is 310 Å². The zero-order chi connectivity index (χ0) is 36.6. The lowest BCUT2D eigenvalue weighted by molar-refractivity contribution is 0.0698. The first-order valence-electron chi connectivity index (χ1n) is 16.8. The van der Waals surface area contributed by atoms with Crippen molar-refractivity contribution in [1.29, 1.82) is 0 Å². The van der Waals surface area contributed by atoms with Crippen molar-refractivity contribution in [3.05, 3.63) is 97.0 Å². The van der Waals surface area contributed by atoms with Gasteiger partial charge in [-0.05, 0) is 88.4 Å². The molecule has 0 saturated heterocycles. The van der Waals surface area contributed by atoms with Crippen LogP contribution in [0.4, 0.5) is 5.69 Å². The van der Waals surface area contributed by atoms with Gasteiger partial charge in [0.05, 0.1) is 40.1 Å². The highest BCUT2D eigenvalue weighted by Gasteiger charge is 2.38. The monoisotopic (exact) mass is 745 g/mol. The number of carboxylic acids is 1. The lowest BCUT2D eigenvalue weighted by Gasteiger charge is -2.36. The smallest absolute Gasteiger partial charge is 0.339 e. The van der Waals surface area contributed by atoms with Gasteiger partial charge in [-0.2, -0.15) is 5.10 Å². The van der Waals surface area contributed by atoms with Crippen molar-refractivity contribution in [2.45, 2.75) is 60.0 Å². The number of aromatic nitrogens is 4. The number of rotatable bonds is 8. The van der Waals surface area contributed by atoms with Crippen molar-refractivity contribution in [2.24, 2.45) is 14.1 Å². The highest BCUT2D eigenvalue weighted by molar-refractivity contribution is 6.36. The van der Waals surface area contributed by atoms with Crippen LogP contribution in [0.3, 0.4) is 0 Å². The Morgan fingerprint density at radius 2 is 1.69 bits per heavy atom. The molecule has 0 saturated carbocycles. The van der Waals surface area contributed by atoms with Gasteiger partial charge < -0.3 is 23.9 Å². The molecule has 0 bridgehead atoms. The largest absolute Gasteiger partial charge is 0.494 e. The average Bonchev–Trinajstić information content (AvgIpc) is 3.63. The van der Waals surface area contributed by atoms with E-state index in [2.05, 4.69) is 4.57 Å². The lowest BCUT2D eigenvalue weighted by atomic mass is 9.98. The van der Waals surface area contributed by atoms with Crippen LogP contribution < -0.4 is 9.64 Å². The number of para-hydroxylation sites is 1. The van der Waals surface area contributed by atoms with Crippen molar-refractivity contribution >= 4 is 74.2 Å². The molecular formula is C39H38Cl3N5O4. The second-order valence-electron chi connectivity index (χ2n) is 13.5. The fourth-order valence-electron chi connectivity index (χ4n) is 7.84. The number of aromatic carboxylic acids is 1. The van der Waals surface area contributed by atoms with E-state index in [0.717, 1.165) is 60.9 Å². The first kappa shape index (κ1) is 35.0. The molecule has 0 radical (unpaired) electrons. The highest BCUT2D eigenvalue weighted by atomic mass is 35.5. The zero-order valence-corrected chi connectivity index (χ0v) is 31.8. The Morgan fingerprint density at radius 3 is 2.33 bits per heavy atom. The van der Waals surface area contributed by atoms with Gasteiger partial charge in [0.25, 0.3) is 5.91 Å². The number of anilines is 1. The van der Waals surface area contributed by atoms with Crippen LogP contribution in [0.25, 0.3) is 32.9 Å². The van der Waals surface area contributed by atoms with Crippen molar-refractivity contribution < 1.29 is 19.4 Å². The minimum absolute atomic E-state index is 0.00972. The van der Waals surface area contributed by atoms with E-state index >= 15 is 4.79 Å². The van der Waals surface area contributed by atoms with E-state index in [9.17, 15) is 9.90 Å². The van der Waals surface area contributed by atoms with E-state index in [-0.39, 0.29) is 22.7 Å². The molecule has 3 aromatic carbocycles. The normalized spacial score (nSPS) is 14.6. The van der Waals surface area contributed by atoms with Gasteiger partial charge in [-0.3, -0.25) is 9.48 Å². The van der Waals surface area contributed by atoms with Crippen LogP contribution in [-0.2, 0) is 27.1 Å². The van der Waals surface area contributed by atoms with Crippen LogP contribution in [-0.4, -0.2) is 48.5 Å². The standard InChI is InChI=1S/C39H38Cl3N5O4/c1-19-16-24(17-20(2)33(19)41)51-15-9-11-25-26-13-14-28(40)32(30-22(4)43-45(7)23(30)5)35(26)46-18-21(3)47(38(48)36(25)46)29-12-8-10-27-31(39(49)50)37(42)44(6)34(27)29/h8,10,12-14,16-17,21H,9,11,15,18H2,1-7H3,(H,49,50)/t21-/m1/s1. The molecule has 0 unspecified atom stereocenters. The number of amides is 1.